The Balaban J connectivity index is 1.98. The standard InChI is InChI=1S/C17H29N3O/c1-13-7-14(2)12-20(11-13)17-15(3)8-16(10-19-17)9-18-5-6-21-4/h8,10,13-14,18H,5-7,9,11-12H2,1-4H3. The SMILES string of the molecule is COCCNCc1cnc(N2CC(C)CC(C)C2)c(C)c1. The lowest BCUT2D eigenvalue weighted by Gasteiger charge is -2.36. The van der Waals surface area contributed by atoms with Crippen molar-refractivity contribution in [1.29, 1.82) is 0 Å². The summed E-state index contributed by atoms with van der Waals surface area (Å²) in [6.07, 6.45) is 3.34. The second kappa shape index (κ2) is 7.76. The molecule has 2 rings (SSSR count). The molecule has 4 heteroatoms. The van der Waals surface area contributed by atoms with Crippen molar-refractivity contribution in [3.05, 3.63) is 23.4 Å². The number of piperidine rings is 1. The Kier molecular flexibility index (Phi) is 6.00. The fourth-order valence-electron chi connectivity index (χ4n) is 3.30. The minimum atomic E-state index is 0.744. The average molecular weight is 291 g/mol. The number of rotatable bonds is 6. The van der Waals surface area contributed by atoms with Crippen LogP contribution in [0.15, 0.2) is 12.3 Å². The maximum Gasteiger partial charge on any atom is 0.131 e. The number of hydrogen-bond acceptors (Lipinski definition) is 4. The van der Waals surface area contributed by atoms with E-state index in [1.54, 1.807) is 7.11 Å². The molecule has 1 N–H and O–H groups in total. The summed E-state index contributed by atoms with van der Waals surface area (Å²) in [5, 5.41) is 3.36. The smallest absolute Gasteiger partial charge is 0.131 e. The molecule has 0 bridgehead atoms. The van der Waals surface area contributed by atoms with Crippen molar-refractivity contribution in [3.8, 4) is 0 Å². The van der Waals surface area contributed by atoms with E-state index in [1.807, 2.05) is 6.20 Å². The summed E-state index contributed by atoms with van der Waals surface area (Å²) < 4.78 is 5.04. The maximum atomic E-state index is 5.04. The Hall–Kier alpha value is -1.13. The molecular formula is C17H29N3O. The molecule has 21 heavy (non-hydrogen) atoms. The quantitative estimate of drug-likeness (QED) is 0.818. The highest BCUT2D eigenvalue weighted by Crippen LogP contribution is 2.27. The van der Waals surface area contributed by atoms with Gasteiger partial charge in [-0.1, -0.05) is 13.8 Å². The Morgan fingerprint density at radius 1 is 1.33 bits per heavy atom. The number of methoxy groups -OCH3 is 1. The van der Waals surface area contributed by atoms with Crippen LogP contribution < -0.4 is 10.2 Å². The normalized spacial score (nSPS) is 22.6. The van der Waals surface area contributed by atoms with Crippen LogP contribution in [0.3, 0.4) is 0 Å². The Morgan fingerprint density at radius 3 is 2.67 bits per heavy atom. The third-order valence-corrected chi connectivity index (χ3v) is 4.09. The zero-order valence-corrected chi connectivity index (χ0v) is 13.9. The van der Waals surface area contributed by atoms with E-state index in [2.05, 4.69) is 37.1 Å². The Labute approximate surface area is 128 Å². The van der Waals surface area contributed by atoms with Crippen LogP contribution in [0.4, 0.5) is 5.82 Å². The highest BCUT2D eigenvalue weighted by molar-refractivity contribution is 5.47. The molecule has 2 atom stereocenters. The van der Waals surface area contributed by atoms with Crippen LogP contribution in [-0.4, -0.2) is 38.3 Å². The van der Waals surface area contributed by atoms with Gasteiger partial charge in [-0.3, -0.25) is 0 Å². The molecule has 1 aliphatic heterocycles. The van der Waals surface area contributed by atoms with Crippen LogP contribution in [0.25, 0.3) is 0 Å². The fraction of sp³-hybridized carbons (Fsp3) is 0.706. The van der Waals surface area contributed by atoms with Gasteiger partial charge in [0, 0.05) is 39.5 Å². The van der Waals surface area contributed by atoms with Gasteiger partial charge in [0.25, 0.3) is 0 Å². The molecule has 0 aliphatic carbocycles. The number of ether oxygens (including phenoxy) is 1. The van der Waals surface area contributed by atoms with E-state index in [-0.39, 0.29) is 0 Å². The highest BCUT2D eigenvalue weighted by Gasteiger charge is 2.23. The third-order valence-electron chi connectivity index (χ3n) is 4.09. The van der Waals surface area contributed by atoms with E-state index in [0.29, 0.717) is 0 Å². The van der Waals surface area contributed by atoms with Gasteiger partial charge in [-0.25, -0.2) is 4.98 Å². The van der Waals surface area contributed by atoms with Crippen LogP contribution in [-0.2, 0) is 11.3 Å². The Bertz CT molecular complexity index is 440. The van der Waals surface area contributed by atoms with Gasteiger partial charge in [0.1, 0.15) is 5.82 Å². The summed E-state index contributed by atoms with van der Waals surface area (Å²) in [4.78, 5) is 7.18. The van der Waals surface area contributed by atoms with Crippen molar-refractivity contribution in [1.82, 2.24) is 10.3 Å². The zero-order valence-electron chi connectivity index (χ0n) is 13.9. The summed E-state index contributed by atoms with van der Waals surface area (Å²) >= 11 is 0. The molecule has 0 amide bonds. The lowest BCUT2D eigenvalue weighted by atomic mass is 9.91. The molecule has 1 fully saturated rings. The molecule has 1 aromatic rings. The maximum absolute atomic E-state index is 5.04. The second-order valence-corrected chi connectivity index (χ2v) is 6.50. The van der Waals surface area contributed by atoms with Crippen molar-refractivity contribution >= 4 is 5.82 Å². The number of aryl methyl sites for hydroxylation is 1. The minimum absolute atomic E-state index is 0.744. The predicted molar refractivity (Wildman–Crippen MR) is 87.7 cm³/mol. The molecular weight excluding hydrogens is 262 g/mol. The van der Waals surface area contributed by atoms with Gasteiger partial charge in [0.05, 0.1) is 6.61 Å². The molecule has 0 saturated carbocycles. The topological polar surface area (TPSA) is 37.4 Å². The van der Waals surface area contributed by atoms with E-state index in [0.717, 1.165) is 50.4 Å². The first-order valence-electron chi connectivity index (χ1n) is 8.00. The molecule has 1 saturated heterocycles. The largest absolute Gasteiger partial charge is 0.383 e. The third kappa shape index (κ3) is 4.68. The highest BCUT2D eigenvalue weighted by atomic mass is 16.5. The average Bonchev–Trinajstić information content (AvgIpc) is 2.42. The summed E-state index contributed by atoms with van der Waals surface area (Å²) in [6, 6.07) is 2.26. The van der Waals surface area contributed by atoms with Gasteiger partial charge in [-0.15, -0.1) is 0 Å². The van der Waals surface area contributed by atoms with E-state index in [9.17, 15) is 0 Å². The summed E-state index contributed by atoms with van der Waals surface area (Å²) in [6.45, 7) is 11.6. The van der Waals surface area contributed by atoms with Gasteiger partial charge in [-0.05, 0) is 42.4 Å². The molecule has 0 radical (unpaired) electrons. The first kappa shape index (κ1) is 16.2. The molecule has 118 valence electrons. The second-order valence-electron chi connectivity index (χ2n) is 6.50. The monoisotopic (exact) mass is 291 g/mol. The summed E-state index contributed by atoms with van der Waals surface area (Å²) in [5.74, 6) is 2.67. The first-order valence-corrected chi connectivity index (χ1v) is 8.00. The number of nitrogens with one attached hydrogen (secondary N) is 1. The van der Waals surface area contributed by atoms with Crippen LogP contribution >= 0.6 is 0 Å². The summed E-state index contributed by atoms with van der Waals surface area (Å²) in [7, 11) is 1.72. The molecule has 1 aliphatic rings. The van der Waals surface area contributed by atoms with Crippen molar-refractivity contribution in [3.63, 3.8) is 0 Å². The van der Waals surface area contributed by atoms with Crippen molar-refractivity contribution < 1.29 is 4.74 Å². The fourth-order valence-corrected chi connectivity index (χ4v) is 3.30. The number of aromatic nitrogens is 1. The van der Waals surface area contributed by atoms with Crippen LogP contribution in [0.1, 0.15) is 31.4 Å². The predicted octanol–water partition coefficient (Wildman–Crippen LogP) is 2.61. The number of pyridine rings is 1. The minimum Gasteiger partial charge on any atom is -0.383 e. The van der Waals surface area contributed by atoms with Gasteiger partial charge in [0.15, 0.2) is 0 Å². The van der Waals surface area contributed by atoms with Gasteiger partial charge in [0.2, 0.25) is 0 Å². The molecule has 2 heterocycles. The Morgan fingerprint density at radius 2 is 2.05 bits per heavy atom. The van der Waals surface area contributed by atoms with E-state index < -0.39 is 0 Å². The van der Waals surface area contributed by atoms with E-state index in [4.69, 9.17) is 9.72 Å². The molecule has 1 aromatic heterocycles. The zero-order chi connectivity index (χ0) is 15.2. The lowest BCUT2D eigenvalue weighted by Crippen LogP contribution is -2.39. The number of nitrogens with zero attached hydrogens (tertiary/aromatic N) is 2. The van der Waals surface area contributed by atoms with Gasteiger partial charge in [-0.2, -0.15) is 0 Å². The van der Waals surface area contributed by atoms with E-state index in [1.165, 1.54) is 17.5 Å². The molecule has 0 spiro atoms. The summed E-state index contributed by atoms with van der Waals surface area (Å²) in [5.41, 5.74) is 2.52. The van der Waals surface area contributed by atoms with Gasteiger partial charge >= 0.3 is 0 Å². The molecule has 0 aromatic carbocycles. The van der Waals surface area contributed by atoms with Crippen LogP contribution in [0, 0.1) is 18.8 Å². The van der Waals surface area contributed by atoms with Crippen molar-refractivity contribution in [2.45, 2.75) is 33.7 Å². The van der Waals surface area contributed by atoms with E-state index >= 15 is 0 Å². The number of hydrogen-bond donors (Lipinski definition) is 1. The van der Waals surface area contributed by atoms with Gasteiger partial charge < -0.3 is 15.0 Å². The molecule has 4 nitrogen and oxygen atoms in total. The van der Waals surface area contributed by atoms with Crippen molar-refractivity contribution in [2.24, 2.45) is 11.8 Å². The number of anilines is 1. The van der Waals surface area contributed by atoms with Crippen LogP contribution in [0.2, 0.25) is 0 Å². The molecule has 2 unspecified atom stereocenters. The first-order chi connectivity index (χ1) is 10.1. The lowest BCUT2D eigenvalue weighted by molar-refractivity contribution is 0.199. The van der Waals surface area contributed by atoms with Crippen molar-refractivity contribution in [2.75, 3.05) is 38.3 Å². The van der Waals surface area contributed by atoms with Crippen LogP contribution in [0.5, 0.6) is 0 Å².